The van der Waals surface area contributed by atoms with Crippen LogP contribution in [0, 0.1) is 0 Å². The number of nitrogens with zero attached hydrogens (tertiary/aromatic N) is 1. The van der Waals surface area contributed by atoms with Crippen LogP contribution >= 0.6 is 0 Å². The number of carbonyl (C=O) groups is 1. The highest BCUT2D eigenvalue weighted by atomic mass is 16.2. The zero-order valence-corrected chi connectivity index (χ0v) is 8.70. The molecule has 2 unspecified atom stereocenters. The molecule has 1 aliphatic heterocycles. The number of carbonyl (C=O) groups excluding carboxylic acids is 1. The average molecular weight is 194 g/mol. The van der Waals surface area contributed by atoms with Gasteiger partial charge in [-0.25, -0.2) is 0 Å². The van der Waals surface area contributed by atoms with E-state index in [1.54, 1.807) is 0 Å². The Bertz CT molecular complexity index is 248. The van der Waals surface area contributed by atoms with Gasteiger partial charge >= 0.3 is 0 Å². The van der Waals surface area contributed by atoms with Crippen molar-refractivity contribution in [3.05, 3.63) is 12.7 Å². The summed E-state index contributed by atoms with van der Waals surface area (Å²) in [4.78, 5) is 13.8. The van der Waals surface area contributed by atoms with E-state index in [-0.39, 0.29) is 18.0 Å². The van der Waals surface area contributed by atoms with Crippen molar-refractivity contribution in [3.8, 4) is 0 Å². The quantitative estimate of drug-likeness (QED) is 0.675. The topological polar surface area (TPSA) is 32.3 Å². The lowest BCUT2D eigenvalue weighted by Crippen LogP contribution is -2.41. The van der Waals surface area contributed by atoms with Crippen LogP contribution in [0.4, 0.5) is 0 Å². The van der Waals surface area contributed by atoms with Gasteiger partial charge in [-0.15, -0.1) is 6.58 Å². The Kier molecular flexibility index (Phi) is 2.59. The second kappa shape index (κ2) is 3.73. The molecule has 1 aliphatic carbocycles. The van der Waals surface area contributed by atoms with Crippen LogP contribution in [0.5, 0.6) is 0 Å². The maximum Gasteiger partial charge on any atom is 0.240 e. The van der Waals surface area contributed by atoms with Gasteiger partial charge in [0, 0.05) is 18.6 Å². The normalized spacial score (nSPS) is 29.4. The van der Waals surface area contributed by atoms with E-state index in [2.05, 4.69) is 11.9 Å². The summed E-state index contributed by atoms with van der Waals surface area (Å²) in [5.74, 6) is 0.254. The van der Waals surface area contributed by atoms with E-state index in [0.29, 0.717) is 6.04 Å². The van der Waals surface area contributed by atoms with Crippen molar-refractivity contribution in [2.75, 3.05) is 6.54 Å². The van der Waals surface area contributed by atoms with Crippen LogP contribution in [-0.2, 0) is 4.79 Å². The highest BCUT2D eigenvalue weighted by molar-refractivity contribution is 5.84. The first-order valence-electron chi connectivity index (χ1n) is 5.41. The lowest BCUT2D eigenvalue weighted by Gasteiger charge is -2.21. The van der Waals surface area contributed by atoms with Crippen molar-refractivity contribution in [2.24, 2.45) is 0 Å². The van der Waals surface area contributed by atoms with Crippen LogP contribution in [-0.4, -0.2) is 35.5 Å². The van der Waals surface area contributed by atoms with Crippen molar-refractivity contribution in [1.29, 1.82) is 0 Å². The van der Waals surface area contributed by atoms with E-state index in [4.69, 9.17) is 0 Å². The van der Waals surface area contributed by atoms with Crippen LogP contribution in [0.3, 0.4) is 0 Å². The molecule has 0 radical (unpaired) electrons. The SMILES string of the molecule is C=CC(C)N1CCC(NC2CC2)C1=O. The number of likely N-dealkylation sites (tertiary alicyclic amines) is 1. The maximum atomic E-state index is 11.9. The van der Waals surface area contributed by atoms with Crippen molar-refractivity contribution in [3.63, 3.8) is 0 Å². The fourth-order valence-electron chi connectivity index (χ4n) is 1.92. The van der Waals surface area contributed by atoms with Crippen LogP contribution in [0.2, 0.25) is 0 Å². The maximum absolute atomic E-state index is 11.9. The smallest absolute Gasteiger partial charge is 0.240 e. The third-order valence-corrected chi connectivity index (χ3v) is 3.09. The standard InChI is InChI=1S/C11H18N2O/c1-3-8(2)13-7-6-10(11(13)14)12-9-4-5-9/h3,8-10,12H,1,4-7H2,2H3. The molecular formula is C11H18N2O. The van der Waals surface area contributed by atoms with E-state index in [1.165, 1.54) is 12.8 Å². The summed E-state index contributed by atoms with van der Waals surface area (Å²) in [5.41, 5.74) is 0. The second-order valence-electron chi connectivity index (χ2n) is 4.29. The van der Waals surface area contributed by atoms with Gasteiger partial charge in [0.1, 0.15) is 0 Å². The zero-order valence-electron chi connectivity index (χ0n) is 8.70. The Balaban J connectivity index is 1.91. The lowest BCUT2D eigenvalue weighted by molar-refractivity contribution is -0.130. The second-order valence-corrected chi connectivity index (χ2v) is 4.29. The van der Waals surface area contributed by atoms with Gasteiger partial charge in [-0.2, -0.15) is 0 Å². The lowest BCUT2D eigenvalue weighted by atomic mass is 10.2. The predicted molar refractivity (Wildman–Crippen MR) is 55.9 cm³/mol. The van der Waals surface area contributed by atoms with Crippen LogP contribution in [0.1, 0.15) is 26.2 Å². The molecule has 1 amide bonds. The molecule has 0 spiro atoms. The molecule has 3 nitrogen and oxygen atoms in total. The molecule has 2 aliphatic rings. The van der Waals surface area contributed by atoms with Crippen LogP contribution in [0.25, 0.3) is 0 Å². The highest BCUT2D eigenvalue weighted by Gasteiger charge is 2.36. The largest absolute Gasteiger partial charge is 0.335 e. The zero-order chi connectivity index (χ0) is 10.1. The van der Waals surface area contributed by atoms with Gasteiger partial charge in [0.05, 0.1) is 6.04 Å². The van der Waals surface area contributed by atoms with Crippen LogP contribution < -0.4 is 5.32 Å². The third kappa shape index (κ3) is 1.82. The van der Waals surface area contributed by atoms with E-state index in [1.807, 2.05) is 17.9 Å². The number of rotatable bonds is 4. The average Bonchev–Trinajstić information content (AvgIpc) is 2.92. The van der Waals surface area contributed by atoms with Gasteiger partial charge in [-0.05, 0) is 26.2 Å². The summed E-state index contributed by atoms with van der Waals surface area (Å²) in [7, 11) is 0. The molecule has 2 rings (SSSR count). The molecular weight excluding hydrogens is 176 g/mol. The molecule has 0 aromatic carbocycles. The third-order valence-electron chi connectivity index (χ3n) is 3.09. The summed E-state index contributed by atoms with van der Waals surface area (Å²) >= 11 is 0. The first kappa shape index (κ1) is 9.71. The summed E-state index contributed by atoms with van der Waals surface area (Å²) in [5, 5.41) is 3.39. The molecule has 14 heavy (non-hydrogen) atoms. The Morgan fingerprint density at radius 1 is 1.57 bits per heavy atom. The van der Waals surface area contributed by atoms with Gasteiger partial charge in [0.15, 0.2) is 0 Å². The van der Waals surface area contributed by atoms with Crippen LogP contribution in [0.15, 0.2) is 12.7 Å². The van der Waals surface area contributed by atoms with Gasteiger partial charge in [-0.1, -0.05) is 6.08 Å². The molecule has 1 N–H and O–H groups in total. The van der Waals surface area contributed by atoms with E-state index < -0.39 is 0 Å². The highest BCUT2D eigenvalue weighted by Crippen LogP contribution is 2.23. The monoisotopic (exact) mass is 194 g/mol. The molecule has 3 heteroatoms. The minimum atomic E-state index is 0.0740. The van der Waals surface area contributed by atoms with Crippen molar-refractivity contribution < 1.29 is 4.79 Å². The number of amides is 1. The molecule has 2 fully saturated rings. The van der Waals surface area contributed by atoms with E-state index in [9.17, 15) is 4.79 Å². The molecule has 78 valence electrons. The van der Waals surface area contributed by atoms with Gasteiger partial charge in [0.25, 0.3) is 0 Å². The minimum Gasteiger partial charge on any atom is -0.335 e. The van der Waals surface area contributed by atoms with Gasteiger partial charge < -0.3 is 10.2 Å². The fraction of sp³-hybridized carbons (Fsp3) is 0.727. The molecule has 1 saturated heterocycles. The number of hydrogen-bond acceptors (Lipinski definition) is 2. The Labute approximate surface area is 85.2 Å². The van der Waals surface area contributed by atoms with Crippen molar-refractivity contribution >= 4 is 5.91 Å². The molecule has 0 aromatic heterocycles. The van der Waals surface area contributed by atoms with Gasteiger partial charge in [-0.3, -0.25) is 4.79 Å². The summed E-state index contributed by atoms with van der Waals surface area (Å²) in [6.07, 6.45) is 5.26. The molecule has 1 heterocycles. The number of nitrogens with one attached hydrogen (secondary N) is 1. The Hall–Kier alpha value is -0.830. The Morgan fingerprint density at radius 3 is 2.86 bits per heavy atom. The fourth-order valence-corrected chi connectivity index (χ4v) is 1.92. The molecule has 0 aromatic rings. The Morgan fingerprint density at radius 2 is 2.29 bits per heavy atom. The summed E-state index contributed by atoms with van der Waals surface area (Å²) in [6.45, 7) is 6.61. The van der Waals surface area contributed by atoms with Crippen molar-refractivity contribution in [2.45, 2.75) is 44.3 Å². The van der Waals surface area contributed by atoms with E-state index >= 15 is 0 Å². The first-order valence-corrected chi connectivity index (χ1v) is 5.41. The summed E-state index contributed by atoms with van der Waals surface area (Å²) in [6, 6.07) is 0.862. The minimum absolute atomic E-state index is 0.0740. The number of hydrogen-bond donors (Lipinski definition) is 1. The first-order chi connectivity index (χ1) is 6.72. The van der Waals surface area contributed by atoms with E-state index in [0.717, 1.165) is 13.0 Å². The van der Waals surface area contributed by atoms with Crippen molar-refractivity contribution in [1.82, 2.24) is 10.2 Å². The predicted octanol–water partition coefficient (Wildman–Crippen LogP) is 0.914. The molecule has 2 atom stereocenters. The summed E-state index contributed by atoms with van der Waals surface area (Å²) < 4.78 is 0. The molecule has 0 bridgehead atoms. The van der Waals surface area contributed by atoms with Gasteiger partial charge in [0.2, 0.25) is 5.91 Å². The molecule has 1 saturated carbocycles.